The highest BCUT2D eigenvalue weighted by molar-refractivity contribution is 7.92. The standard InChI is InChI=1S/C27H28N2O7S/c1-18(2)19-10-13-21(14-11-19)29(37(33,34)22-8-6-5-7-9-22)17-25(30)28-24-16-20(26(31)35-3)12-15-23(24)27(32)36-4/h5-16,18H,17H2,1-4H3,(H,28,30). The summed E-state index contributed by atoms with van der Waals surface area (Å²) in [5.41, 5.74) is 1.35. The Hall–Kier alpha value is -4.18. The highest BCUT2D eigenvalue weighted by Crippen LogP contribution is 2.26. The third-order valence-electron chi connectivity index (χ3n) is 5.59. The van der Waals surface area contributed by atoms with Crippen molar-refractivity contribution in [1.29, 1.82) is 0 Å². The van der Waals surface area contributed by atoms with Crippen molar-refractivity contribution in [3.63, 3.8) is 0 Å². The second-order valence-corrected chi connectivity index (χ2v) is 10.2. The molecule has 0 heterocycles. The summed E-state index contributed by atoms with van der Waals surface area (Å²) in [6.07, 6.45) is 0. The predicted molar refractivity (Wildman–Crippen MR) is 139 cm³/mol. The third-order valence-corrected chi connectivity index (χ3v) is 7.37. The molecule has 10 heteroatoms. The molecule has 0 atom stereocenters. The van der Waals surface area contributed by atoms with Crippen LogP contribution in [-0.4, -0.2) is 47.0 Å². The molecule has 0 aliphatic carbocycles. The molecule has 9 nitrogen and oxygen atoms in total. The van der Waals surface area contributed by atoms with Crippen LogP contribution in [0.2, 0.25) is 0 Å². The van der Waals surface area contributed by atoms with Crippen molar-refractivity contribution in [2.75, 3.05) is 30.4 Å². The minimum Gasteiger partial charge on any atom is -0.465 e. The second kappa shape index (κ2) is 11.7. The minimum atomic E-state index is -4.12. The number of esters is 2. The smallest absolute Gasteiger partial charge is 0.339 e. The van der Waals surface area contributed by atoms with Crippen LogP contribution in [0.4, 0.5) is 11.4 Å². The quantitative estimate of drug-likeness (QED) is 0.416. The first-order valence-corrected chi connectivity index (χ1v) is 12.8. The number of hydrogen-bond donors (Lipinski definition) is 1. The van der Waals surface area contributed by atoms with Crippen LogP contribution in [0.15, 0.2) is 77.7 Å². The molecule has 37 heavy (non-hydrogen) atoms. The molecule has 0 radical (unpaired) electrons. The van der Waals surface area contributed by atoms with Crippen LogP contribution < -0.4 is 9.62 Å². The summed E-state index contributed by atoms with van der Waals surface area (Å²) in [6, 6.07) is 18.6. The maximum Gasteiger partial charge on any atom is 0.339 e. The molecule has 3 aromatic rings. The van der Waals surface area contributed by atoms with Gasteiger partial charge in [0.15, 0.2) is 0 Å². The van der Waals surface area contributed by atoms with Crippen LogP contribution in [-0.2, 0) is 24.3 Å². The van der Waals surface area contributed by atoms with Gasteiger partial charge in [-0.3, -0.25) is 9.10 Å². The number of anilines is 2. The van der Waals surface area contributed by atoms with E-state index in [4.69, 9.17) is 9.47 Å². The lowest BCUT2D eigenvalue weighted by molar-refractivity contribution is -0.114. The van der Waals surface area contributed by atoms with Gasteiger partial charge in [-0.05, 0) is 53.9 Å². The van der Waals surface area contributed by atoms with Crippen molar-refractivity contribution >= 4 is 39.2 Å². The molecule has 0 aromatic heterocycles. The maximum absolute atomic E-state index is 13.6. The summed E-state index contributed by atoms with van der Waals surface area (Å²) in [4.78, 5) is 37.4. The number of methoxy groups -OCH3 is 2. The van der Waals surface area contributed by atoms with Gasteiger partial charge in [-0.1, -0.05) is 44.2 Å². The zero-order chi connectivity index (χ0) is 27.2. The number of nitrogens with one attached hydrogen (secondary N) is 1. The molecule has 0 unspecified atom stereocenters. The maximum atomic E-state index is 13.6. The van der Waals surface area contributed by atoms with Crippen molar-refractivity contribution in [2.24, 2.45) is 0 Å². The minimum absolute atomic E-state index is 0.0118. The fourth-order valence-electron chi connectivity index (χ4n) is 3.56. The van der Waals surface area contributed by atoms with E-state index in [0.717, 1.165) is 9.87 Å². The van der Waals surface area contributed by atoms with E-state index < -0.39 is 34.4 Å². The Labute approximate surface area is 216 Å². The number of amides is 1. The van der Waals surface area contributed by atoms with E-state index in [-0.39, 0.29) is 27.6 Å². The fraction of sp³-hybridized carbons (Fsp3) is 0.222. The summed E-state index contributed by atoms with van der Waals surface area (Å²) < 4.78 is 37.6. The van der Waals surface area contributed by atoms with E-state index in [1.54, 1.807) is 42.5 Å². The molecule has 194 valence electrons. The predicted octanol–water partition coefficient (Wildman–Crippen LogP) is 4.22. The lowest BCUT2D eigenvalue weighted by Gasteiger charge is -2.25. The molecule has 0 bridgehead atoms. The van der Waals surface area contributed by atoms with Crippen molar-refractivity contribution in [2.45, 2.75) is 24.7 Å². The molecule has 0 spiro atoms. The summed E-state index contributed by atoms with van der Waals surface area (Å²) in [6.45, 7) is 3.44. The lowest BCUT2D eigenvalue weighted by atomic mass is 10.0. The number of carbonyl (C=O) groups is 3. The van der Waals surface area contributed by atoms with Crippen molar-refractivity contribution in [3.05, 3.63) is 89.5 Å². The van der Waals surface area contributed by atoms with Crippen molar-refractivity contribution in [1.82, 2.24) is 0 Å². The number of ether oxygens (including phenoxy) is 2. The molecule has 3 rings (SSSR count). The van der Waals surface area contributed by atoms with Gasteiger partial charge < -0.3 is 14.8 Å². The topological polar surface area (TPSA) is 119 Å². The average Bonchev–Trinajstić information content (AvgIpc) is 2.91. The van der Waals surface area contributed by atoms with E-state index in [2.05, 4.69) is 5.32 Å². The van der Waals surface area contributed by atoms with Crippen LogP contribution in [0.3, 0.4) is 0 Å². The first kappa shape index (κ1) is 27.4. The van der Waals surface area contributed by atoms with Crippen molar-refractivity contribution in [3.8, 4) is 0 Å². The van der Waals surface area contributed by atoms with E-state index in [0.29, 0.717) is 5.69 Å². The second-order valence-electron chi connectivity index (χ2n) is 8.36. The molecule has 0 aliphatic heterocycles. The normalized spacial score (nSPS) is 11.1. The first-order chi connectivity index (χ1) is 17.6. The van der Waals surface area contributed by atoms with Crippen LogP contribution in [0, 0.1) is 0 Å². The van der Waals surface area contributed by atoms with Gasteiger partial charge in [0.05, 0.1) is 41.6 Å². The third kappa shape index (κ3) is 6.34. The Morgan fingerprint density at radius 1 is 0.865 bits per heavy atom. The molecule has 3 aromatic carbocycles. The number of nitrogens with zero attached hydrogens (tertiary/aromatic N) is 1. The van der Waals surface area contributed by atoms with Crippen LogP contribution in [0.1, 0.15) is 46.0 Å². The Kier molecular flexibility index (Phi) is 8.67. The largest absolute Gasteiger partial charge is 0.465 e. The van der Waals surface area contributed by atoms with Gasteiger partial charge in [-0.15, -0.1) is 0 Å². The number of sulfonamides is 1. The summed E-state index contributed by atoms with van der Waals surface area (Å²) in [5, 5.41) is 2.54. The van der Waals surface area contributed by atoms with Gasteiger partial charge in [-0.25, -0.2) is 18.0 Å². The molecule has 1 N–H and O–H groups in total. The molecular formula is C27H28N2O7S. The number of benzene rings is 3. The number of rotatable bonds is 9. The Bertz CT molecular complexity index is 1390. The Morgan fingerprint density at radius 2 is 1.49 bits per heavy atom. The van der Waals surface area contributed by atoms with E-state index in [1.807, 2.05) is 13.8 Å². The van der Waals surface area contributed by atoms with Gasteiger partial charge in [0.2, 0.25) is 5.91 Å². The fourth-order valence-corrected chi connectivity index (χ4v) is 5.00. The first-order valence-electron chi connectivity index (χ1n) is 11.4. The molecule has 0 saturated heterocycles. The monoisotopic (exact) mass is 524 g/mol. The summed E-state index contributed by atoms with van der Waals surface area (Å²) in [7, 11) is -1.75. The van der Waals surface area contributed by atoms with Crippen molar-refractivity contribution < 1.29 is 32.3 Å². The van der Waals surface area contributed by atoms with E-state index in [9.17, 15) is 22.8 Å². The SMILES string of the molecule is COC(=O)c1ccc(C(=O)OC)c(NC(=O)CN(c2ccc(C(C)C)cc2)S(=O)(=O)c2ccccc2)c1. The van der Waals surface area contributed by atoms with Crippen LogP contribution >= 0.6 is 0 Å². The van der Waals surface area contributed by atoms with E-state index >= 15 is 0 Å². The number of carbonyl (C=O) groups excluding carboxylic acids is 3. The summed E-state index contributed by atoms with van der Waals surface area (Å²) in [5.74, 6) is -1.93. The van der Waals surface area contributed by atoms with E-state index in [1.165, 1.54) is 44.6 Å². The summed E-state index contributed by atoms with van der Waals surface area (Å²) >= 11 is 0. The van der Waals surface area contributed by atoms with Gasteiger partial charge in [0.1, 0.15) is 6.54 Å². The molecule has 0 saturated carbocycles. The Balaban J connectivity index is 2.00. The molecule has 0 fully saturated rings. The highest BCUT2D eigenvalue weighted by Gasteiger charge is 2.28. The lowest BCUT2D eigenvalue weighted by Crippen LogP contribution is -2.38. The highest BCUT2D eigenvalue weighted by atomic mass is 32.2. The van der Waals surface area contributed by atoms with Gasteiger partial charge in [-0.2, -0.15) is 0 Å². The Morgan fingerprint density at radius 3 is 2.05 bits per heavy atom. The van der Waals surface area contributed by atoms with Gasteiger partial charge >= 0.3 is 11.9 Å². The molecular weight excluding hydrogens is 496 g/mol. The van der Waals surface area contributed by atoms with Gasteiger partial charge in [0.25, 0.3) is 10.0 Å². The average molecular weight is 525 g/mol. The van der Waals surface area contributed by atoms with Crippen LogP contribution in [0.5, 0.6) is 0 Å². The molecule has 0 aliphatic rings. The van der Waals surface area contributed by atoms with Crippen LogP contribution in [0.25, 0.3) is 0 Å². The zero-order valence-electron chi connectivity index (χ0n) is 20.9. The number of hydrogen-bond acceptors (Lipinski definition) is 7. The molecule has 1 amide bonds. The zero-order valence-corrected chi connectivity index (χ0v) is 21.7. The van der Waals surface area contributed by atoms with Gasteiger partial charge in [0, 0.05) is 0 Å².